The Morgan fingerprint density at radius 3 is 2.13 bits per heavy atom. The lowest BCUT2D eigenvalue weighted by atomic mass is 10.00. The van der Waals surface area contributed by atoms with Gasteiger partial charge in [-0.15, -0.1) is 0 Å². The number of carbonyl (C=O) groups is 2. The van der Waals surface area contributed by atoms with Gasteiger partial charge in [0.1, 0.15) is 6.04 Å². The quantitative estimate of drug-likeness (QED) is 0.555. The summed E-state index contributed by atoms with van der Waals surface area (Å²) in [7, 11) is 0. The average Bonchev–Trinajstić information content (AvgIpc) is 2.75. The maximum Gasteiger partial charge on any atom is 0.242 e. The molecule has 0 aliphatic heterocycles. The molecule has 1 N–H and O–H groups in total. The van der Waals surface area contributed by atoms with Crippen LogP contribution in [0.5, 0.6) is 0 Å². The molecule has 0 heterocycles. The Morgan fingerprint density at radius 2 is 1.57 bits per heavy atom. The average molecular weight is 429 g/mol. The largest absolute Gasteiger partial charge is 0.354 e. The molecule has 0 aliphatic rings. The first kappa shape index (κ1) is 23.9. The smallest absolute Gasteiger partial charge is 0.242 e. The van der Waals surface area contributed by atoms with Crippen molar-refractivity contribution >= 4 is 23.4 Å². The molecule has 2 amide bonds. The number of carbonyl (C=O) groups excluding carboxylic acids is 2. The van der Waals surface area contributed by atoms with Gasteiger partial charge in [-0.25, -0.2) is 0 Å². The third kappa shape index (κ3) is 7.17. The predicted molar refractivity (Wildman–Crippen MR) is 124 cm³/mol. The monoisotopic (exact) mass is 428 g/mol. The summed E-state index contributed by atoms with van der Waals surface area (Å²) in [6.07, 6.45) is 1.87. The van der Waals surface area contributed by atoms with Crippen LogP contribution in [0.25, 0.3) is 0 Å². The van der Waals surface area contributed by atoms with E-state index in [1.54, 1.807) is 24.0 Å². The van der Waals surface area contributed by atoms with Gasteiger partial charge >= 0.3 is 0 Å². The molecule has 2 aromatic carbocycles. The molecular formula is C25H33ClN2O2. The molecule has 30 heavy (non-hydrogen) atoms. The Balaban J connectivity index is 2.09. The summed E-state index contributed by atoms with van der Waals surface area (Å²) in [5, 5.41) is 3.55. The second-order valence-electron chi connectivity index (χ2n) is 8.01. The highest BCUT2D eigenvalue weighted by molar-refractivity contribution is 6.30. The van der Waals surface area contributed by atoms with E-state index in [2.05, 4.69) is 43.4 Å². The highest BCUT2D eigenvalue weighted by Crippen LogP contribution is 2.18. The lowest BCUT2D eigenvalue weighted by molar-refractivity contribution is -0.140. The third-order valence-corrected chi connectivity index (χ3v) is 5.51. The molecule has 0 saturated heterocycles. The highest BCUT2D eigenvalue weighted by Gasteiger charge is 2.25. The maximum absolute atomic E-state index is 13.1. The molecule has 0 spiro atoms. The minimum atomic E-state index is -0.539. The summed E-state index contributed by atoms with van der Waals surface area (Å²) < 4.78 is 0. The molecule has 2 rings (SSSR count). The SMILES string of the molecule is CCCNC(=O)[C@H](C)N(Cc1ccc(Cl)cc1)C(=O)CCc1ccc(C(C)C)cc1. The van der Waals surface area contributed by atoms with Crippen molar-refractivity contribution in [3.05, 3.63) is 70.2 Å². The van der Waals surface area contributed by atoms with Crippen molar-refractivity contribution in [2.75, 3.05) is 6.54 Å². The summed E-state index contributed by atoms with van der Waals surface area (Å²) in [6.45, 7) is 9.11. The zero-order chi connectivity index (χ0) is 22.1. The fourth-order valence-corrected chi connectivity index (χ4v) is 3.36. The van der Waals surface area contributed by atoms with Crippen molar-refractivity contribution in [2.45, 2.75) is 65.5 Å². The van der Waals surface area contributed by atoms with Crippen LogP contribution in [0.2, 0.25) is 5.02 Å². The van der Waals surface area contributed by atoms with Crippen molar-refractivity contribution < 1.29 is 9.59 Å². The van der Waals surface area contributed by atoms with E-state index in [4.69, 9.17) is 11.6 Å². The van der Waals surface area contributed by atoms with Crippen LogP contribution in [0, 0.1) is 0 Å². The summed E-state index contributed by atoms with van der Waals surface area (Å²) in [6, 6.07) is 15.3. The Morgan fingerprint density at radius 1 is 0.967 bits per heavy atom. The number of hydrogen-bond acceptors (Lipinski definition) is 2. The number of amides is 2. The second-order valence-corrected chi connectivity index (χ2v) is 8.45. The topological polar surface area (TPSA) is 49.4 Å². The Labute approximate surface area is 185 Å². The zero-order valence-electron chi connectivity index (χ0n) is 18.5. The lowest BCUT2D eigenvalue weighted by Gasteiger charge is -2.29. The number of aryl methyl sites for hydroxylation is 1. The maximum atomic E-state index is 13.1. The summed E-state index contributed by atoms with van der Waals surface area (Å²) in [5.74, 6) is 0.329. The first-order valence-electron chi connectivity index (χ1n) is 10.7. The summed E-state index contributed by atoms with van der Waals surface area (Å²) in [4.78, 5) is 27.3. The van der Waals surface area contributed by atoms with Crippen LogP contribution < -0.4 is 5.32 Å². The van der Waals surface area contributed by atoms with Gasteiger partial charge in [0.2, 0.25) is 11.8 Å². The van der Waals surface area contributed by atoms with Crippen molar-refractivity contribution in [2.24, 2.45) is 0 Å². The normalized spacial score (nSPS) is 11.9. The fraction of sp³-hybridized carbons (Fsp3) is 0.440. The molecule has 0 saturated carbocycles. The minimum Gasteiger partial charge on any atom is -0.354 e. The van der Waals surface area contributed by atoms with Gasteiger partial charge in [-0.3, -0.25) is 9.59 Å². The van der Waals surface area contributed by atoms with Crippen molar-refractivity contribution in [1.82, 2.24) is 10.2 Å². The molecule has 1 atom stereocenters. The molecule has 0 unspecified atom stereocenters. The van der Waals surface area contributed by atoms with Gasteiger partial charge < -0.3 is 10.2 Å². The van der Waals surface area contributed by atoms with Crippen molar-refractivity contribution in [3.63, 3.8) is 0 Å². The Bertz CT molecular complexity index is 816. The van der Waals surface area contributed by atoms with E-state index in [9.17, 15) is 9.59 Å². The molecule has 162 valence electrons. The van der Waals surface area contributed by atoms with E-state index in [1.165, 1.54) is 5.56 Å². The molecule has 4 nitrogen and oxygen atoms in total. The number of rotatable bonds is 10. The molecule has 2 aromatic rings. The number of nitrogens with zero attached hydrogens (tertiary/aromatic N) is 1. The van der Waals surface area contributed by atoms with E-state index < -0.39 is 6.04 Å². The van der Waals surface area contributed by atoms with E-state index in [0.29, 0.717) is 36.9 Å². The minimum absolute atomic E-state index is 0.0305. The van der Waals surface area contributed by atoms with Gasteiger partial charge in [0.05, 0.1) is 0 Å². The Kier molecular flexibility index (Phi) is 9.38. The van der Waals surface area contributed by atoms with Crippen LogP contribution in [0.1, 0.15) is 63.1 Å². The van der Waals surface area contributed by atoms with Crippen LogP contribution in [0.4, 0.5) is 0 Å². The fourth-order valence-electron chi connectivity index (χ4n) is 3.23. The number of benzene rings is 2. The third-order valence-electron chi connectivity index (χ3n) is 5.26. The number of hydrogen-bond donors (Lipinski definition) is 1. The molecule has 0 aromatic heterocycles. The van der Waals surface area contributed by atoms with Crippen LogP contribution in [0.3, 0.4) is 0 Å². The van der Waals surface area contributed by atoms with E-state index in [1.807, 2.05) is 19.1 Å². The van der Waals surface area contributed by atoms with Crippen LogP contribution in [-0.4, -0.2) is 29.3 Å². The molecule has 0 bridgehead atoms. The van der Waals surface area contributed by atoms with Gasteiger partial charge in [-0.05, 0) is 54.5 Å². The molecular weight excluding hydrogens is 396 g/mol. The lowest BCUT2D eigenvalue weighted by Crippen LogP contribution is -2.47. The van der Waals surface area contributed by atoms with Crippen molar-refractivity contribution in [1.29, 1.82) is 0 Å². The van der Waals surface area contributed by atoms with Crippen LogP contribution in [0.15, 0.2) is 48.5 Å². The summed E-state index contributed by atoms with van der Waals surface area (Å²) in [5.41, 5.74) is 3.36. The zero-order valence-corrected chi connectivity index (χ0v) is 19.2. The number of halogens is 1. The van der Waals surface area contributed by atoms with E-state index in [-0.39, 0.29) is 11.8 Å². The van der Waals surface area contributed by atoms with Gasteiger partial charge in [-0.2, -0.15) is 0 Å². The molecule has 5 heteroatoms. The predicted octanol–water partition coefficient (Wildman–Crippen LogP) is 5.34. The molecule has 0 radical (unpaired) electrons. The van der Waals surface area contributed by atoms with Crippen LogP contribution in [-0.2, 0) is 22.6 Å². The standard InChI is InChI=1S/C25H33ClN2O2/c1-5-16-27-25(30)19(4)28(17-21-8-13-23(26)14-9-21)24(29)15-10-20-6-11-22(12-7-20)18(2)3/h6-9,11-14,18-19H,5,10,15-17H2,1-4H3,(H,27,30)/t19-/m0/s1. The van der Waals surface area contributed by atoms with Crippen LogP contribution >= 0.6 is 11.6 Å². The summed E-state index contributed by atoms with van der Waals surface area (Å²) >= 11 is 5.98. The van der Waals surface area contributed by atoms with Gasteiger partial charge in [0.15, 0.2) is 0 Å². The first-order valence-corrected chi connectivity index (χ1v) is 11.1. The van der Waals surface area contributed by atoms with Gasteiger partial charge in [0, 0.05) is 24.5 Å². The first-order chi connectivity index (χ1) is 14.3. The second kappa shape index (κ2) is 11.8. The molecule has 0 aliphatic carbocycles. The van der Waals surface area contributed by atoms with E-state index in [0.717, 1.165) is 17.5 Å². The van der Waals surface area contributed by atoms with Gasteiger partial charge in [0.25, 0.3) is 0 Å². The molecule has 0 fully saturated rings. The number of nitrogens with one attached hydrogen (secondary N) is 1. The van der Waals surface area contributed by atoms with Gasteiger partial charge in [-0.1, -0.05) is 68.8 Å². The Hall–Kier alpha value is -2.33. The van der Waals surface area contributed by atoms with Crippen molar-refractivity contribution in [3.8, 4) is 0 Å². The van der Waals surface area contributed by atoms with E-state index >= 15 is 0 Å². The highest BCUT2D eigenvalue weighted by atomic mass is 35.5.